The lowest BCUT2D eigenvalue weighted by atomic mass is 10.1. The molecule has 88 valence electrons. The Hall–Kier alpha value is -0.100. The minimum atomic E-state index is -0.237. The number of benzene rings is 1. The van der Waals surface area contributed by atoms with E-state index < -0.39 is 0 Å². The summed E-state index contributed by atoms with van der Waals surface area (Å²) in [6.07, 6.45) is 2.14. The Labute approximate surface area is 118 Å². The van der Waals surface area contributed by atoms with E-state index in [2.05, 4.69) is 44.6 Å². The molecule has 0 aromatic heterocycles. The summed E-state index contributed by atoms with van der Waals surface area (Å²) in [6, 6.07) is 5.90. The number of aryl methyl sites for hydroxylation is 1. The normalized spacial score (nSPS) is 10.2. The molecule has 0 heterocycles. The summed E-state index contributed by atoms with van der Waals surface area (Å²) < 4.78 is 5.94. The SMILES string of the molecule is CCOC(=O)c1ccc(CCCBr)cc1I. The number of carbonyl (C=O) groups is 1. The molecule has 0 unspecified atom stereocenters. The van der Waals surface area contributed by atoms with Crippen LogP contribution in [0.2, 0.25) is 0 Å². The van der Waals surface area contributed by atoms with Gasteiger partial charge in [0.2, 0.25) is 0 Å². The number of hydrogen-bond donors (Lipinski definition) is 0. The van der Waals surface area contributed by atoms with E-state index in [1.165, 1.54) is 5.56 Å². The zero-order valence-electron chi connectivity index (χ0n) is 9.13. The van der Waals surface area contributed by atoms with Crippen LogP contribution in [0.4, 0.5) is 0 Å². The average molecular weight is 397 g/mol. The molecular weight excluding hydrogens is 383 g/mol. The molecule has 0 spiro atoms. The van der Waals surface area contributed by atoms with Gasteiger partial charge in [-0.15, -0.1) is 0 Å². The lowest BCUT2D eigenvalue weighted by molar-refractivity contribution is 0.0525. The molecule has 1 rings (SSSR count). The van der Waals surface area contributed by atoms with Gasteiger partial charge in [-0.25, -0.2) is 4.79 Å². The van der Waals surface area contributed by atoms with E-state index in [1.807, 2.05) is 19.1 Å². The molecule has 0 fully saturated rings. The second kappa shape index (κ2) is 7.27. The molecule has 0 aliphatic heterocycles. The quantitative estimate of drug-likeness (QED) is 0.430. The first-order chi connectivity index (χ1) is 7.69. The molecule has 0 aliphatic rings. The molecule has 0 saturated carbocycles. The van der Waals surface area contributed by atoms with Crippen LogP contribution in [0.15, 0.2) is 18.2 Å². The first-order valence-electron chi connectivity index (χ1n) is 5.20. The third-order valence-electron chi connectivity index (χ3n) is 2.13. The van der Waals surface area contributed by atoms with Crippen LogP contribution in [-0.4, -0.2) is 17.9 Å². The molecule has 0 radical (unpaired) electrons. The Morgan fingerprint density at radius 1 is 1.50 bits per heavy atom. The zero-order valence-corrected chi connectivity index (χ0v) is 12.9. The highest BCUT2D eigenvalue weighted by molar-refractivity contribution is 14.1. The van der Waals surface area contributed by atoms with Gasteiger partial charge in [0, 0.05) is 8.90 Å². The van der Waals surface area contributed by atoms with Crippen molar-refractivity contribution >= 4 is 44.5 Å². The minimum absolute atomic E-state index is 0.237. The van der Waals surface area contributed by atoms with Crippen molar-refractivity contribution in [3.63, 3.8) is 0 Å². The van der Waals surface area contributed by atoms with Gasteiger partial charge in [0.15, 0.2) is 0 Å². The number of hydrogen-bond acceptors (Lipinski definition) is 2. The van der Waals surface area contributed by atoms with Crippen LogP contribution in [0, 0.1) is 3.57 Å². The molecule has 0 atom stereocenters. The molecule has 1 aromatic rings. The Kier molecular flexibility index (Phi) is 6.34. The predicted molar refractivity (Wildman–Crippen MR) is 77.2 cm³/mol. The van der Waals surface area contributed by atoms with Crippen molar-refractivity contribution in [3.8, 4) is 0 Å². The lowest BCUT2D eigenvalue weighted by Crippen LogP contribution is -2.07. The summed E-state index contributed by atoms with van der Waals surface area (Å²) >= 11 is 5.59. The molecule has 1 aromatic carbocycles. The molecule has 2 nitrogen and oxygen atoms in total. The van der Waals surface area contributed by atoms with Crippen molar-refractivity contribution < 1.29 is 9.53 Å². The number of rotatable bonds is 5. The van der Waals surface area contributed by atoms with E-state index in [4.69, 9.17) is 4.74 Å². The molecule has 0 bridgehead atoms. The standard InChI is InChI=1S/C12H14BrIO2/c1-2-16-12(15)10-6-5-9(4-3-7-13)8-11(10)14/h5-6,8H,2-4,7H2,1H3. The van der Waals surface area contributed by atoms with Crippen LogP contribution in [0.3, 0.4) is 0 Å². The fourth-order valence-electron chi connectivity index (χ4n) is 1.36. The van der Waals surface area contributed by atoms with E-state index >= 15 is 0 Å². The topological polar surface area (TPSA) is 26.3 Å². The van der Waals surface area contributed by atoms with Crippen molar-refractivity contribution in [3.05, 3.63) is 32.9 Å². The fourth-order valence-corrected chi connectivity index (χ4v) is 2.44. The molecule has 0 amide bonds. The van der Waals surface area contributed by atoms with E-state index in [-0.39, 0.29) is 5.97 Å². The van der Waals surface area contributed by atoms with Gasteiger partial charge in [0.05, 0.1) is 12.2 Å². The summed E-state index contributed by atoms with van der Waals surface area (Å²) in [4.78, 5) is 11.6. The molecule has 0 aliphatic carbocycles. The molecule has 0 saturated heterocycles. The number of alkyl halides is 1. The van der Waals surface area contributed by atoms with Crippen LogP contribution in [0.1, 0.15) is 29.3 Å². The molecule has 16 heavy (non-hydrogen) atoms. The van der Waals surface area contributed by atoms with Crippen molar-refractivity contribution in [1.82, 2.24) is 0 Å². The largest absolute Gasteiger partial charge is 0.462 e. The van der Waals surface area contributed by atoms with Gasteiger partial charge in [-0.1, -0.05) is 22.0 Å². The Bertz CT molecular complexity index is 366. The number of esters is 1. The molecule has 4 heteroatoms. The summed E-state index contributed by atoms with van der Waals surface area (Å²) in [7, 11) is 0. The van der Waals surface area contributed by atoms with Gasteiger partial charge in [-0.2, -0.15) is 0 Å². The van der Waals surface area contributed by atoms with Gasteiger partial charge in [0.25, 0.3) is 0 Å². The van der Waals surface area contributed by atoms with Crippen LogP contribution in [-0.2, 0) is 11.2 Å². The van der Waals surface area contributed by atoms with E-state index in [0.29, 0.717) is 12.2 Å². The summed E-state index contributed by atoms with van der Waals surface area (Å²) in [6.45, 7) is 2.23. The van der Waals surface area contributed by atoms with Crippen LogP contribution in [0.5, 0.6) is 0 Å². The van der Waals surface area contributed by atoms with Gasteiger partial charge < -0.3 is 4.74 Å². The third kappa shape index (κ3) is 4.05. The van der Waals surface area contributed by atoms with Crippen LogP contribution in [0.25, 0.3) is 0 Å². The van der Waals surface area contributed by atoms with Crippen LogP contribution >= 0.6 is 38.5 Å². The van der Waals surface area contributed by atoms with E-state index in [1.54, 1.807) is 0 Å². The predicted octanol–water partition coefficient (Wildman–Crippen LogP) is 3.80. The zero-order chi connectivity index (χ0) is 12.0. The summed E-state index contributed by atoms with van der Waals surface area (Å²) in [5.41, 5.74) is 1.92. The summed E-state index contributed by atoms with van der Waals surface area (Å²) in [5.74, 6) is -0.237. The Morgan fingerprint density at radius 2 is 2.25 bits per heavy atom. The average Bonchev–Trinajstić information content (AvgIpc) is 2.26. The second-order valence-corrected chi connectivity index (χ2v) is 5.28. The summed E-state index contributed by atoms with van der Waals surface area (Å²) in [5, 5.41) is 1.00. The molecular formula is C12H14BrIO2. The minimum Gasteiger partial charge on any atom is -0.462 e. The van der Waals surface area contributed by atoms with Gasteiger partial charge in [-0.3, -0.25) is 0 Å². The first-order valence-corrected chi connectivity index (χ1v) is 7.40. The maximum Gasteiger partial charge on any atom is 0.339 e. The highest BCUT2D eigenvalue weighted by atomic mass is 127. The second-order valence-electron chi connectivity index (χ2n) is 3.33. The lowest BCUT2D eigenvalue weighted by Gasteiger charge is -2.06. The first kappa shape index (κ1) is 14.0. The maximum absolute atomic E-state index is 11.6. The fraction of sp³-hybridized carbons (Fsp3) is 0.417. The maximum atomic E-state index is 11.6. The van der Waals surface area contributed by atoms with Crippen molar-refractivity contribution in [2.45, 2.75) is 19.8 Å². The third-order valence-corrected chi connectivity index (χ3v) is 3.58. The number of halogens is 2. The highest BCUT2D eigenvalue weighted by Crippen LogP contribution is 2.17. The van der Waals surface area contributed by atoms with Crippen LogP contribution < -0.4 is 0 Å². The monoisotopic (exact) mass is 396 g/mol. The van der Waals surface area contributed by atoms with Gasteiger partial charge in [0.1, 0.15) is 0 Å². The highest BCUT2D eigenvalue weighted by Gasteiger charge is 2.10. The Balaban J connectivity index is 2.78. The number of ether oxygens (including phenoxy) is 1. The van der Waals surface area contributed by atoms with Crippen molar-refractivity contribution in [2.75, 3.05) is 11.9 Å². The molecule has 0 N–H and O–H groups in total. The smallest absolute Gasteiger partial charge is 0.339 e. The van der Waals surface area contributed by atoms with E-state index in [9.17, 15) is 4.79 Å². The number of carbonyl (C=O) groups excluding carboxylic acids is 1. The Morgan fingerprint density at radius 3 is 2.81 bits per heavy atom. The van der Waals surface area contributed by atoms with Gasteiger partial charge in [-0.05, 0) is 60.1 Å². The van der Waals surface area contributed by atoms with Crippen molar-refractivity contribution in [2.24, 2.45) is 0 Å². The van der Waals surface area contributed by atoms with Crippen molar-refractivity contribution in [1.29, 1.82) is 0 Å². The van der Waals surface area contributed by atoms with Gasteiger partial charge >= 0.3 is 5.97 Å². The van der Waals surface area contributed by atoms with E-state index in [0.717, 1.165) is 21.7 Å².